The molecule has 246 valence electrons. The molecule has 3 aromatic rings. The normalized spacial score (nSPS) is 15.7. The van der Waals surface area contributed by atoms with E-state index in [9.17, 15) is 44.3 Å². The Balaban J connectivity index is 1.75. The summed E-state index contributed by atoms with van der Waals surface area (Å²) < 4.78 is 133. The number of amides is 1. The number of likely N-dealkylation sites (tertiary alicyclic amines) is 1. The number of halogens is 9. The van der Waals surface area contributed by atoms with E-state index in [1.165, 1.54) is 25.2 Å². The summed E-state index contributed by atoms with van der Waals surface area (Å²) in [5, 5.41) is 13.1. The third-order valence-electron chi connectivity index (χ3n) is 7.43. The number of alkyl halides is 9. The third-order valence-corrected chi connectivity index (χ3v) is 7.43. The number of tetrazole rings is 1. The number of H-pyrrole nitrogens is 1. The lowest BCUT2D eigenvalue weighted by Gasteiger charge is -2.36. The second-order valence-electron chi connectivity index (χ2n) is 10.3. The smallest absolute Gasteiger partial charge is 0.416 e. The zero-order chi connectivity index (χ0) is 33.2. The SMILES string of the molecule is COC(=O)N1CCC(C(OC)c2ccc(C(F)(F)F)cc2CN(Cc2cc(C(F)(F)F)cc(C(F)(F)F)c2)c2nn[nH]n2)CC1. The van der Waals surface area contributed by atoms with E-state index in [-0.39, 0.29) is 23.5 Å². The lowest BCUT2D eigenvalue weighted by molar-refractivity contribution is -0.143. The summed E-state index contributed by atoms with van der Waals surface area (Å²) in [7, 11) is 2.59. The van der Waals surface area contributed by atoms with Gasteiger partial charge in [0.15, 0.2) is 0 Å². The van der Waals surface area contributed by atoms with Crippen molar-refractivity contribution in [1.29, 1.82) is 0 Å². The molecule has 2 aromatic carbocycles. The number of hydrogen-bond acceptors (Lipinski definition) is 7. The number of carbonyl (C=O) groups excluding carboxylic acids is 1. The van der Waals surface area contributed by atoms with Gasteiger partial charge in [-0.3, -0.25) is 0 Å². The zero-order valence-electron chi connectivity index (χ0n) is 23.7. The van der Waals surface area contributed by atoms with Gasteiger partial charge in [-0.1, -0.05) is 11.2 Å². The van der Waals surface area contributed by atoms with Gasteiger partial charge in [-0.25, -0.2) is 4.79 Å². The quantitative estimate of drug-likeness (QED) is 0.273. The van der Waals surface area contributed by atoms with E-state index in [1.807, 2.05) is 0 Å². The predicted octanol–water partition coefficient (Wildman–Crippen LogP) is 6.63. The fourth-order valence-corrected chi connectivity index (χ4v) is 5.31. The Morgan fingerprint density at radius 3 is 2.00 bits per heavy atom. The van der Waals surface area contributed by atoms with Gasteiger partial charge in [0.25, 0.3) is 5.95 Å². The van der Waals surface area contributed by atoms with Gasteiger partial charge in [-0.15, -0.1) is 5.10 Å². The minimum Gasteiger partial charge on any atom is -0.453 e. The average Bonchev–Trinajstić information content (AvgIpc) is 3.51. The van der Waals surface area contributed by atoms with Crippen LogP contribution in [0.3, 0.4) is 0 Å². The molecule has 45 heavy (non-hydrogen) atoms. The molecule has 1 N–H and O–H groups in total. The Morgan fingerprint density at radius 2 is 1.51 bits per heavy atom. The summed E-state index contributed by atoms with van der Waals surface area (Å²) in [5.41, 5.74) is -4.29. The standard InChI is InChI=1S/C27H27F9N6O3/c1-44-22(16-5-7-41(8-6-16)24(43)45-2)21-4-3-18(25(28,29)30)11-17(21)14-42(23-37-39-40-38-23)13-15-9-19(26(31,32)33)12-20(10-15)27(34,35)36/h3-4,9-12,16,22H,5-8,13-14H2,1-2H3,(H,37,38,39,40). The lowest BCUT2D eigenvalue weighted by atomic mass is 9.85. The zero-order valence-corrected chi connectivity index (χ0v) is 23.7. The van der Waals surface area contributed by atoms with Crippen molar-refractivity contribution in [2.45, 2.75) is 50.6 Å². The molecule has 1 saturated heterocycles. The van der Waals surface area contributed by atoms with Gasteiger partial charge in [-0.05, 0) is 71.0 Å². The van der Waals surface area contributed by atoms with Crippen LogP contribution in [0, 0.1) is 5.92 Å². The van der Waals surface area contributed by atoms with Crippen molar-refractivity contribution >= 4 is 12.0 Å². The topological polar surface area (TPSA) is 96.5 Å². The number of rotatable bonds is 8. The molecule has 1 aliphatic heterocycles. The molecule has 1 amide bonds. The first-order valence-corrected chi connectivity index (χ1v) is 13.3. The highest BCUT2D eigenvalue weighted by Crippen LogP contribution is 2.40. The van der Waals surface area contributed by atoms with Crippen LogP contribution in [-0.4, -0.2) is 58.9 Å². The summed E-state index contributed by atoms with van der Waals surface area (Å²) in [5.74, 6) is -0.549. The number of piperidine rings is 1. The van der Waals surface area contributed by atoms with Crippen LogP contribution in [0.15, 0.2) is 36.4 Å². The Kier molecular flexibility index (Phi) is 9.84. The van der Waals surface area contributed by atoms with E-state index in [0.717, 1.165) is 17.0 Å². The molecular formula is C27H27F9N6O3. The van der Waals surface area contributed by atoms with Crippen LogP contribution in [0.5, 0.6) is 0 Å². The van der Waals surface area contributed by atoms with E-state index >= 15 is 0 Å². The molecule has 4 rings (SSSR count). The largest absolute Gasteiger partial charge is 0.453 e. The number of nitrogens with one attached hydrogen (secondary N) is 1. The number of methoxy groups -OCH3 is 2. The highest BCUT2D eigenvalue weighted by Gasteiger charge is 2.38. The minimum atomic E-state index is -5.11. The maximum absolute atomic E-state index is 13.8. The first-order valence-electron chi connectivity index (χ1n) is 13.3. The fraction of sp³-hybridized carbons (Fsp3) is 0.481. The summed E-state index contributed by atoms with van der Waals surface area (Å²) >= 11 is 0. The Labute approximate surface area is 250 Å². The highest BCUT2D eigenvalue weighted by molar-refractivity contribution is 5.67. The van der Waals surface area contributed by atoms with E-state index in [1.54, 1.807) is 0 Å². The van der Waals surface area contributed by atoms with Crippen molar-refractivity contribution in [2.75, 3.05) is 32.2 Å². The molecule has 9 nitrogen and oxygen atoms in total. The van der Waals surface area contributed by atoms with Crippen molar-refractivity contribution in [1.82, 2.24) is 25.5 Å². The predicted molar refractivity (Wildman–Crippen MR) is 138 cm³/mol. The molecule has 1 fully saturated rings. The van der Waals surface area contributed by atoms with Crippen LogP contribution in [-0.2, 0) is 41.1 Å². The van der Waals surface area contributed by atoms with Crippen LogP contribution in [0.4, 0.5) is 50.3 Å². The van der Waals surface area contributed by atoms with Gasteiger partial charge in [0, 0.05) is 33.3 Å². The van der Waals surface area contributed by atoms with Crippen LogP contribution in [0.25, 0.3) is 0 Å². The van der Waals surface area contributed by atoms with E-state index in [4.69, 9.17) is 9.47 Å². The molecule has 1 aromatic heterocycles. The maximum Gasteiger partial charge on any atom is 0.416 e. The van der Waals surface area contributed by atoms with Gasteiger partial charge < -0.3 is 19.3 Å². The van der Waals surface area contributed by atoms with Crippen LogP contribution < -0.4 is 4.90 Å². The number of aromatic amines is 1. The Morgan fingerprint density at radius 1 is 0.911 bits per heavy atom. The molecule has 0 radical (unpaired) electrons. The molecule has 0 saturated carbocycles. The number of benzene rings is 2. The van der Waals surface area contributed by atoms with E-state index < -0.39 is 66.1 Å². The molecule has 1 atom stereocenters. The third kappa shape index (κ3) is 8.15. The van der Waals surface area contributed by atoms with Crippen LogP contribution in [0.1, 0.15) is 52.3 Å². The molecule has 1 unspecified atom stereocenters. The maximum atomic E-state index is 13.8. The van der Waals surface area contributed by atoms with E-state index in [2.05, 4.69) is 20.6 Å². The summed E-state index contributed by atoms with van der Waals surface area (Å²) in [6, 6.07) is 3.92. The Bertz CT molecular complexity index is 1420. The number of carbonyl (C=O) groups is 1. The molecule has 2 heterocycles. The van der Waals surface area contributed by atoms with Crippen LogP contribution in [0.2, 0.25) is 0 Å². The van der Waals surface area contributed by atoms with Gasteiger partial charge in [-0.2, -0.15) is 44.7 Å². The van der Waals surface area contributed by atoms with Crippen molar-refractivity contribution in [3.05, 3.63) is 69.8 Å². The number of ether oxygens (including phenoxy) is 2. The van der Waals surface area contributed by atoms with E-state index in [0.29, 0.717) is 43.6 Å². The molecule has 0 bridgehead atoms. The molecule has 18 heteroatoms. The molecular weight excluding hydrogens is 627 g/mol. The second kappa shape index (κ2) is 13.1. The monoisotopic (exact) mass is 654 g/mol. The number of hydrogen-bond donors (Lipinski definition) is 1. The molecule has 0 spiro atoms. The number of nitrogens with zero attached hydrogens (tertiary/aromatic N) is 5. The van der Waals surface area contributed by atoms with Gasteiger partial charge in [0.1, 0.15) is 0 Å². The summed E-state index contributed by atoms with van der Waals surface area (Å²) in [6.07, 6.45) is -15.5. The molecule has 1 aliphatic rings. The lowest BCUT2D eigenvalue weighted by Crippen LogP contribution is -2.40. The highest BCUT2D eigenvalue weighted by atomic mass is 19.4. The summed E-state index contributed by atoms with van der Waals surface area (Å²) in [6.45, 7) is -0.549. The van der Waals surface area contributed by atoms with Gasteiger partial charge >= 0.3 is 24.6 Å². The second-order valence-corrected chi connectivity index (χ2v) is 10.3. The number of aromatic nitrogens is 4. The summed E-state index contributed by atoms with van der Waals surface area (Å²) in [4.78, 5) is 14.5. The number of anilines is 1. The van der Waals surface area contributed by atoms with Crippen molar-refractivity contribution in [2.24, 2.45) is 5.92 Å². The van der Waals surface area contributed by atoms with Gasteiger partial charge in [0.05, 0.1) is 29.9 Å². The van der Waals surface area contributed by atoms with Crippen molar-refractivity contribution in [3.8, 4) is 0 Å². The van der Waals surface area contributed by atoms with Gasteiger partial charge in [0.2, 0.25) is 0 Å². The molecule has 0 aliphatic carbocycles. The van der Waals surface area contributed by atoms with Crippen LogP contribution >= 0.6 is 0 Å². The Hall–Kier alpha value is -4.09. The average molecular weight is 655 g/mol. The minimum absolute atomic E-state index is 0.0138. The first kappa shape index (κ1) is 33.8. The fourth-order valence-electron chi connectivity index (χ4n) is 5.31. The van der Waals surface area contributed by atoms with Crippen molar-refractivity contribution < 1.29 is 53.8 Å². The van der Waals surface area contributed by atoms with Crippen molar-refractivity contribution in [3.63, 3.8) is 0 Å². The first-order chi connectivity index (χ1) is 21.0.